The summed E-state index contributed by atoms with van der Waals surface area (Å²) in [6, 6.07) is 2.29. The molecule has 5 nitrogen and oxygen atoms in total. The first-order valence-electron chi connectivity index (χ1n) is 5.85. The van der Waals surface area contributed by atoms with Gasteiger partial charge in [0.1, 0.15) is 0 Å². The summed E-state index contributed by atoms with van der Waals surface area (Å²) >= 11 is 0. The van der Waals surface area contributed by atoms with Crippen molar-refractivity contribution in [1.29, 1.82) is 0 Å². The fourth-order valence-electron chi connectivity index (χ4n) is 1.71. The summed E-state index contributed by atoms with van der Waals surface area (Å²) in [5.74, 6) is -2.36. The quantitative estimate of drug-likeness (QED) is 0.805. The van der Waals surface area contributed by atoms with Crippen LogP contribution in [0.15, 0.2) is 23.1 Å². The van der Waals surface area contributed by atoms with Crippen molar-refractivity contribution in [2.24, 2.45) is 0 Å². The third-order valence-corrected chi connectivity index (χ3v) is 3.90. The molecular formula is C12H18F2N2O3S. The first-order chi connectivity index (χ1) is 9.03. The van der Waals surface area contributed by atoms with E-state index >= 15 is 0 Å². The highest BCUT2D eigenvalue weighted by Gasteiger charge is 2.25. The Bertz CT molecular complexity index is 574. The van der Waals surface area contributed by atoms with E-state index in [1.165, 1.54) is 6.92 Å². The molecule has 1 atom stereocenters. The topological polar surface area (TPSA) is 69.6 Å². The number of nitrogens with one attached hydrogen (secondary N) is 1. The van der Waals surface area contributed by atoms with Crippen molar-refractivity contribution in [1.82, 2.24) is 9.62 Å². The van der Waals surface area contributed by atoms with Gasteiger partial charge in [-0.25, -0.2) is 21.9 Å². The number of nitrogens with zero attached hydrogens (tertiary/aromatic N) is 1. The molecule has 0 amide bonds. The zero-order valence-corrected chi connectivity index (χ0v) is 12.3. The van der Waals surface area contributed by atoms with Gasteiger partial charge < -0.3 is 10.0 Å². The molecule has 0 aliphatic rings. The van der Waals surface area contributed by atoms with Crippen LogP contribution in [0.25, 0.3) is 0 Å². The number of likely N-dealkylation sites (N-methyl/N-ethyl adjacent to an activating group) is 1. The van der Waals surface area contributed by atoms with Crippen LogP contribution >= 0.6 is 0 Å². The second-order valence-electron chi connectivity index (χ2n) is 5.14. The van der Waals surface area contributed by atoms with Crippen molar-refractivity contribution in [3.05, 3.63) is 29.8 Å². The normalized spacial score (nSPS) is 15.3. The van der Waals surface area contributed by atoms with Gasteiger partial charge in [-0.15, -0.1) is 0 Å². The molecule has 0 aliphatic heterocycles. The van der Waals surface area contributed by atoms with Gasteiger partial charge in [-0.3, -0.25) is 0 Å². The van der Waals surface area contributed by atoms with Gasteiger partial charge in [0.15, 0.2) is 11.6 Å². The van der Waals surface area contributed by atoms with Crippen molar-refractivity contribution in [2.75, 3.05) is 27.2 Å². The molecular weight excluding hydrogens is 290 g/mol. The number of aliphatic hydroxyl groups is 1. The van der Waals surface area contributed by atoms with Crippen molar-refractivity contribution >= 4 is 10.0 Å². The zero-order chi connectivity index (χ0) is 15.6. The Kier molecular flexibility index (Phi) is 5.20. The minimum atomic E-state index is -4.00. The Hall–Kier alpha value is -1.09. The van der Waals surface area contributed by atoms with Gasteiger partial charge in [0.25, 0.3) is 0 Å². The number of halogens is 2. The number of sulfonamides is 1. The van der Waals surface area contributed by atoms with Crippen LogP contribution in [-0.4, -0.2) is 51.2 Å². The first kappa shape index (κ1) is 17.0. The lowest BCUT2D eigenvalue weighted by Crippen LogP contribution is -2.47. The van der Waals surface area contributed by atoms with E-state index in [0.717, 1.165) is 12.1 Å². The summed E-state index contributed by atoms with van der Waals surface area (Å²) in [7, 11) is -0.535. The van der Waals surface area contributed by atoms with Crippen LogP contribution in [0.4, 0.5) is 8.78 Å². The summed E-state index contributed by atoms with van der Waals surface area (Å²) in [4.78, 5) is 1.31. The van der Waals surface area contributed by atoms with Crippen molar-refractivity contribution in [3.8, 4) is 0 Å². The summed E-state index contributed by atoms with van der Waals surface area (Å²) in [5.41, 5.74) is -1.28. The number of rotatable bonds is 6. The van der Waals surface area contributed by atoms with Gasteiger partial charge in [0.05, 0.1) is 10.5 Å². The summed E-state index contributed by atoms with van der Waals surface area (Å²) < 4.78 is 51.8. The highest BCUT2D eigenvalue weighted by molar-refractivity contribution is 7.89. The molecule has 1 unspecified atom stereocenters. The maximum atomic E-state index is 13.0. The molecule has 0 aromatic heterocycles. The highest BCUT2D eigenvalue weighted by atomic mass is 32.2. The predicted octanol–water partition coefficient (Wildman–Crippen LogP) is 0.556. The molecule has 0 saturated carbocycles. The van der Waals surface area contributed by atoms with E-state index in [1.807, 2.05) is 0 Å². The third-order valence-electron chi connectivity index (χ3n) is 2.50. The second-order valence-corrected chi connectivity index (χ2v) is 6.90. The lowest BCUT2D eigenvalue weighted by molar-refractivity contribution is 0.0386. The lowest BCUT2D eigenvalue weighted by atomic mass is 10.1. The monoisotopic (exact) mass is 308 g/mol. The molecule has 1 aromatic carbocycles. The molecule has 2 N–H and O–H groups in total. The van der Waals surface area contributed by atoms with Crippen molar-refractivity contribution in [2.45, 2.75) is 17.4 Å². The molecule has 0 spiro atoms. The minimum absolute atomic E-state index is 0.243. The number of benzene rings is 1. The largest absolute Gasteiger partial charge is 0.387 e. The Morgan fingerprint density at radius 3 is 2.40 bits per heavy atom. The fraction of sp³-hybridized carbons (Fsp3) is 0.500. The molecule has 114 valence electrons. The summed E-state index contributed by atoms with van der Waals surface area (Å²) in [5, 5.41) is 9.99. The Labute approximate surface area is 117 Å². The fourth-order valence-corrected chi connectivity index (χ4v) is 2.89. The van der Waals surface area contributed by atoms with E-state index in [0.29, 0.717) is 6.07 Å². The molecule has 0 heterocycles. The van der Waals surface area contributed by atoms with Gasteiger partial charge in [-0.1, -0.05) is 0 Å². The minimum Gasteiger partial charge on any atom is -0.387 e. The molecule has 8 heteroatoms. The number of hydrogen-bond acceptors (Lipinski definition) is 4. The molecule has 0 bridgehead atoms. The van der Waals surface area contributed by atoms with E-state index in [2.05, 4.69) is 4.72 Å². The average molecular weight is 308 g/mol. The van der Waals surface area contributed by atoms with Crippen LogP contribution < -0.4 is 4.72 Å². The molecule has 1 aromatic rings. The Balaban J connectivity index is 2.82. The SMILES string of the molecule is CN(C)CC(C)(O)CNS(=O)(=O)c1ccc(F)c(F)c1. The van der Waals surface area contributed by atoms with Crippen LogP contribution in [0, 0.1) is 11.6 Å². The summed E-state index contributed by atoms with van der Waals surface area (Å²) in [6.45, 7) is 1.47. The van der Waals surface area contributed by atoms with Crippen LogP contribution in [0.5, 0.6) is 0 Å². The Morgan fingerprint density at radius 2 is 1.90 bits per heavy atom. The molecule has 0 aliphatic carbocycles. The average Bonchev–Trinajstić information content (AvgIpc) is 2.29. The third kappa shape index (κ3) is 4.78. The molecule has 0 fully saturated rings. The second kappa shape index (κ2) is 6.13. The van der Waals surface area contributed by atoms with Crippen LogP contribution in [0.2, 0.25) is 0 Å². The van der Waals surface area contributed by atoms with Gasteiger partial charge in [-0.2, -0.15) is 0 Å². The predicted molar refractivity (Wildman–Crippen MR) is 70.7 cm³/mol. The van der Waals surface area contributed by atoms with E-state index < -0.39 is 32.2 Å². The number of hydrogen-bond donors (Lipinski definition) is 2. The van der Waals surface area contributed by atoms with Crippen molar-refractivity contribution in [3.63, 3.8) is 0 Å². The maximum absolute atomic E-state index is 13.0. The lowest BCUT2D eigenvalue weighted by Gasteiger charge is -2.27. The van der Waals surface area contributed by atoms with E-state index in [-0.39, 0.29) is 13.1 Å². The van der Waals surface area contributed by atoms with Crippen LogP contribution in [0.1, 0.15) is 6.92 Å². The van der Waals surface area contributed by atoms with Gasteiger partial charge in [-0.05, 0) is 39.2 Å². The smallest absolute Gasteiger partial charge is 0.240 e. The van der Waals surface area contributed by atoms with Crippen LogP contribution in [-0.2, 0) is 10.0 Å². The maximum Gasteiger partial charge on any atom is 0.240 e. The molecule has 0 saturated heterocycles. The Morgan fingerprint density at radius 1 is 1.30 bits per heavy atom. The van der Waals surface area contributed by atoms with Gasteiger partial charge in [0, 0.05) is 13.1 Å². The van der Waals surface area contributed by atoms with Gasteiger partial charge in [0.2, 0.25) is 10.0 Å². The highest BCUT2D eigenvalue weighted by Crippen LogP contribution is 2.14. The van der Waals surface area contributed by atoms with E-state index in [1.54, 1.807) is 19.0 Å². The van der Waals surface area contributed by atoms with Crippen molar-refractivity contribution < 1.29 is 22.3 Å². The van der Waals surface area contributed by atoms with E-state index in [4.69, 9.17) is 0 Å². The molecule has 1 rings (SSSR count). The van der Waals surface area contributed by atoms with Gasteiger partial charge >= 0.3 is 0 Å². The van der Waals surface area contributed by atoms with E-state index in [9.17, 15) is 22.3 Å². The molecule has 20 heavy (non-hydrogen) atoms. The summed E-state index contributed by atoms with van der Waals surface area (Å²) in [6.07, 6.45) is 0. The van der Waals surface area contributed by atoms with Crippen LogP contribution in [0.3, 0.4) is 0 Å². The molecule has 0 radical (unpaired) electrons. The standard InChI is InChI=1S/C12H18F2N2O3S/c1-12(17,8-16(2)3)7-15-20(18,19)9-4-5-10(13)11(14)6-9/h4-6,15,17H,7-8H2,1-3H3. The zero-order valence-electron chi connectivity index (χ0n) is 11.5. The first-order valence-corrected chi connectivity index (χ1v) is 7.34.